The molecule has 24 heavy (non-hydrogen) atoms. The lowest BCUT2D eigenvalue weighted by Crippen LogP contribution is -1.93. The molecule has 1 nitrogen and oxygen atoms in total. The molecule has 1 fully saturated rings. The maximum absolute atomic E-state index is 8.85. The first-order valence-electron chi connectivity index (χ1n) is 12.0. The molecule has 120 valence electrons. The minimum absolute atomic E-state index is 0.186. The van der Waals surface area contributed by atoms with Crippen molar-refractivity contribution in [2.24, 2.45) is 0 Å². The average Bonchev–Trinajstić information content (AvgIpc) is 2.83. The molecule has 1 saturated carbocycles. The summed E-state index contributed by atoms with van der Waals surface area (Å²) in [4.78, 5) is 4.34. The van der Waals surface area contributed by atoms with Crippen LogP contribution < -0.4 is 0 Å². The molecule has 2 heteroatoms. The van der Waals surface area contributed by atoms with E-state index in [4.69, 9.17) is 23.9 Å². The Morgan fingerprint density at radius 1 is 0.958 bits per heavy atom. The van der Waals surface area contributed by atoms with Gasteiger partial charge in [-0.3, -0.25) is 4.98 Å². The molecule has 0 spiro atoms. The van der Waals surface area contributed by atoms with E-state index in [0.717, 1.165) is 5.56 Å². The maximum Gasteiger partial charge on any atom is 0.0709 e. The average molecular weight is 343 g/mol. The Hall–Kier alpha value is -2.12. The molecule has 1 aromatic heterocycles. The largest absolute Gasteiger partial charge is 0.255 e. The normalized spacial score (nSPS) is 30.1. The van der Waals surface area contributed by atoms with Crippen LogP contribution in [0.15, 0.2) is 66.9 Å². The van der Waals surface area contributed by atoms with Crippen LogP contribution in [0.2, 0.25) is 5.02 Å². The molecule has 0 atom stereocenters. The zero-order valence-corrected chi connectivity index (χ0v) is 13.4. The molecule has 3 aromatic rings. The fourth-order valence-electron chi connectivity index (χ4n) is 2.63. The van der Waals surface area contributed by atoms with Crippen molar-refractivity contribution in [1.82, 2.24) is 4.98 Å². The van der Waals surface area contributed by atoms with Gasteiger partial charge in [-0.2, -0.15) is 0 Å². The van der Waals surface area contributed by atoms with E-state index in [2.05, 4.69) is 4.98 Å². The summed E-state index contributed by atoms with van der Waals surface area (Å²) in [7, 11) is 0. The summed E-state index contributed by atoms with van der Waals surface area (Å²) in [5, 5.41) is 0.286. The Morgan fingerprint density at radius 3 is 2.50 bits per heavy atom. The molecule has 4 rings (SSSR count). The predicted molar refractivity (Wildman–Crippen MR) is 101 cm³/mol. The van der Waals surface area contributed by atoms with E-state index in [-0.39, 0.29) is 10.6 Å². The second-order valence-corrected chi connectivity index (χ2v) is 5.78. The van der Waals surface area contributed by atoms with Gasteiger partial charge < -0.3 is 0 Å². The monoisotopic (exact) mass is 342 g/mol. The number of pyridine rings is 1. The molecule has 2 aromatic carbocycles. The van der Waals surface area contributed by atoms with E-state index >= 15 is 0 Å². The van der Waals surface area contributed by atoms with Gasteiger partial charge in [-0.25, -0.2) is 0 Å². The van der Waals surface area contributed by atoms with Crippen LogP contribution in [0.5, 0.6) is 0 Å². The van der Waals surface area contributed by atoms with Gasteiger partial charge in [0.1, 0.15) is 0 Å². The van der Waals surface area contributed by atoms with Crippen molar-refractivity contribution in [1.29, 1.82) is 0 Å². The highest BCUT2D eigenvalue weighted by Gasteiger charge is 2.17. The summed E-state index contributed by atoms with van der Waals surface area (Å²) in [6, 6.07) is 16.9. The lowest BCUT2D eigenvalue weighted by atomic mass is 9.94. The first-order valence-corrected chi connectivity index (χ1v) is 7.90. The molecule has 1 aliphatic rings. The van der Waals surface area contributed by atoms with Crippen LogP contribution in [-0.2, 0) is 0 Å². The minimum Gasteiger partial charge on any atom is -0.255 e. The van der Waals surface area contributed by atoms with Crippen LogP contribution >= 0.6 is 11.6 Å². The molecule has 0 unspecified atom stereocenters. The smallest absolute Gasteiger partial charge is 0.0709 e. The number of benzene rings is 2. The van der Waals surface area contributed by atoms with Gasteiger partial charge in [-0.1, -0.05) is 78.9 Å². The Kier molecular flexibility index (Phi) is 2.35. The number of hydrogen-bond donors (Lipinski definition) is 0. The van der Waals surface area contributed by atoms with Gasteiger partial charge in [0, 0.05) is 29.7 Å². The van der Waals surface area contributed by atoms with Crippen LogP contribution in [0.4, 0.5) is 0 Å². The van der Waals surface area contributed by atoms with E-state index in [1.807, 2.05) is 30.3 Å². The van der Waals surface area contributed by atoms with E-state index < -0.39 is 31.4 Å². The van der Waals surface area contributed by atoms with Crippen molar-refractivity contribution in [2.75, 3.05) is 0 Å². The van der Waals surface area contributed by atoms with Crippen molar-refractivity contribution in [3.63, 3.8) is 0 Å². The van der Waals surface area contributed by atoms with Gasteiger partial charge >= 0.3 is 0 Å². The molecule has 0 amide bonds. The molecule has 0 bridgehead atoms. The van der Waals surface area contributed by atoms with Crippen LogP contribution in [-0.4, -0.2) is 4.98 Å². The number of hydrogen-bond acceptors (Lipinski definition) is 1. The molecule has 0 N–H and O–H groups in total. The van der Waals surface area contributed by atoms with Gasteiger partial charge in [-0.15, -0.1) is 0 Å². The van der Waals surface area contributed by atoms with Crippen LogP contribution in [0.3, 0.4) is 0 Å². The molecular weight excluding hydrogens is 314 g/mol. The summed E-state index contributed by atoms with van der Waals surface area (Å²) in [6.07, 6.45) is -11.4. The topological polar surface area (TPSA) is 12.9 Å². The van der Waals surface area contributed by atoms with E-state index in [9.17, 15) is 0 Å². The highest BCUT2D eigenvalue weighted by atomic mass is 35.5. The van der Waals surface area contributed by atoms with E-state index in [1.54, 1.807) is 12.1 Å². The number of aromatic nitrogens is 1. The van der Waals surface area contributed by atoms with Gasteiger partial charge in [-0.05, 0) is 35.8 Å². The standard InChI is InChI=1S/C22H20ClN/c23-21-15-24-22(17-9-2-1-3-10-17)14-20(21)19-12-6-11-18(13-19)16-7-4-5-8-16/h1-3,6,9-16H,4-5,7-8H2/i4D2,5D2,7D2,8D2,16D. The van der Waals surface area contributed by atoms with Crippen LogP contribution in [0.1, 0.15) is 49.3 Å². The zero-order chi connectivity index (χ0) is 24.4. The van der Waals surface area contributed by atoms with E-state index in [0.29, 0.717) is 16.8 Å². The summed E-state index contributed by atoms with van der Waals surface area (Å²) < 4.78 is 74.4. The van der Waals surface area contributed by atoms with Gasteiger partial charge in [0.15, 0.2) is 0 Å². The number of nitrogens with zero attached hydrogens (tertiary/aromatic N) is 1. The third-order valence-electron chi connectivity index (χ3n) is 3.82. The summed E-state index contributed by atoms with van der Waals surface area (Å²) >= 11 is 6.39. The first kappa shape index (κ1) is 8.31. The molecule has 1 heterocycles. The fraction of sp³-hybridized carbons (Fsp3) is 0.227. The van der Waals surface area contributed by atoms with Crippen molar-refractivity contribution >= 4 is 11.6 Å². The molecule has 0 saturated heterocycles. The molecular formula is C22H20ClN. The first-order chi connectivity index (χ1) is 15.2. The number of rotatable bonds is 3. The van der Waals surface area contributed by atoms with Gasteiger partial charge in [0.05, 0.1) is 10.7 Å². The molecule has 1 aliphatic carbocycles. The Labute approximate surface area is 161 Å². The summed E-state index contributed by atoms with van der Waals surface area (Å²) in [5.74, 6) is -2.87. The highest BCUT2D eigenvalue weighted by Crippen LogP contribution is 2.37. The third kappa shape index (κ3) is 3.09. The quantitative estimate of drug-likeness (QED) is 0.514. The SMILES string of the molecule is [2H]C1([2H])C([2H])([2H])C([2H])([2H])C([2H])(c2cccc(-c3cc(-c4ccccc4)ncc3Cl)c2)C1([2H])[2H]. The predicted octanol–water partition coefficient (Wildman–Crippen LogP) is 6.73. The van der Waals surface area contributed by atoms with Crippen molar-refractivity contribution in [2.45, 2.75) is 31.4 Å². The second-order valence-electron chi connectivity index (χ2n) is 5.37. The molecule has 0 radical (unpaired) electrons. The summed E-state index contributed by atoms with van der Waals surface area (Å²) in [6.45, 7) is 0. The van der Waals surface area contributed by atoms with Crippen molar-refractivity contribution < 1.29 is 12.3 Å². The zero-order valence-electron chi connectivity index (χ0n) is 21.7. The third-order valence-corrected chi connectivity index (χ3v) is 4.13. The molecule has 0 aliphatic heterocycles. The minimum atomic E-state index is -3.25. The van der Waals surface area contributed by atoms with Crippen LogP contribution in [0.25, 0.3) is 22.4 Å². The second kappa shape index (κ2) is 6.78. The lowest BCUT2D eigenvalue weighted by Gasteiger charge is -2.13. The highest BCUT2D eigenvalue weighted by molar-refractivity contribution is 6.33. The maximum atomic E-state index is 8.85. The van der Waals surface area contributed by atoms with E-state index in [1.165, 1.54) is 24.4 Å². The Bertz CT molecular complexity index is 1190. The van der Waals surface area contributed by atoms with Crippen molar-refractivity contribution in [3.8, 4) is 22.4 Å². The van der Waals surface area contributed by atoms with Gasteiger partial charge in [0.25, 0.3) is 0 Å². The number of halogens is 1. The van der Waals surface area contributed by atoms with Gasteiger partial charge in [0.2, 0.25) is 0 Å². The van der Waals surface area contributed by atoms with Crippen molar-refractivity contribution in [3.05, 3.63) is 77.4 Å². The fourth-order valence-corrected chi connectivity index (χ4v) is 2.84. The summed E-state index contributed by atoms with van der Waals surface area (Å²) in [5.41, 5.74) is 2.24. The Morgan fingerprint density at radius 2 is 1.71 bits per heavy atom. The lowest BCUT2D eigenvalue weighted by molar-refractivity contribution is 0.723. The van der Waals surface area contributed by atoms with Crippen LogP contribution in [0, 0.1) is 0 Å². The Balaban J connectivity index is 1.90.